The first-order valence-corrected chi connectivity index (χ1v) is 7.44. The van der Waals surface area contributed by atoms with Gasteiger partial charge in [-0.05, 0) is 49.4 Å². The lowest BCUT2D eigenvalue weighted by Gasteiger charge is -2.33. The molecule has 1 aromatic carbocycles. The zero-order chi connectivity index (χ0) is 12.4. The van der Waals surface area contributed by atoms with Crippen molar-refractivity contribution in [2.45, 2.75) is 51.0 Å². The third-order valence-corrected chi connectivity index (χ3v) is 4.56. The molecule has 1 fully saturated rings. The van der Waals surface area contributed by atoms with Gasteiger partial charge in [-0.2, -0.15) is 0 Å². The Hall–Kier alpha value is -1.18. The lowest BCUT2D eigenvalue weighted by molar-refractivity contribution is 0.427. The molecule has 0 spiro atoms. The van der Waals surface area contributed by atoms with Gasteiger partial charge in [0.25, 0.3) is 0 Å². The minimum Gasteiger partial charge on any atom is -0.385 e. The molecule has 0 radical (unpaired) electrons. The largest absolute Gasteiger partial charge is 0.385 e. The van der Waals surface area contributed by atoms with Gasteiger partial charge < -0.3 is 10.2 Å². The van der Waals surface area contributed by atoms with Gasteiger partial charge in [0, 0.05) is 31.0 Å². The molecule has 3 rings (SSSR count). The Morgan fingerprint density at radius 2 is 1.94 bits per heavy atom. The van der Waals surface area contributed by atoms with Crippen LogP contribution in [0.2, 0.25) is 0 Å². The first-order chi connectivity index (χ1) is 8.84. The number of fused-ring (bicyclic) bond motifs is 1. The second-order valence-electron chi connectivity index (χ2n) is 5.77. The molecule has 0 amide bonds. The highest BCUT2D eigenvalue weighted by molar-refractivity contribution is 5.61. The average Bonchev–Trinajstić information content (AvgIpc) is 2.47. The van der Waals surface area contributed by atoms with Crippen LogP contribution in [0, 0.1) is 0 Å². The van der Waals surface area contributed by atoms with E-state index in [-0.39, 0.29) is 0 Å². The number of nitrogens with zero attached hydrogens (tertiary/aromatic N) is 1. The molecule has 1 aliphatic heterocycles. The van der Waals surface area contributed by atoms with Crippen LogP contribution in [0.15, 0.2) is 18.2 Å². The molecular formula is C16H24N2. The van der Waals surface area contributed by atoms with E-state index in [1.165, 1.54) is 61.9 Å². The average molecular weight is 244 g/mol. The molecule has 0 bridgehead atoms. The van der Waals surface area contributed by atoms with E-state index in [2.05, 4.69) is 35.5 Å². The molecule has 0 aromatic heterocycles. The summed E-state index contributed by atoms with van der Waals surface area (Å²) in [6.07, 6.45) is 9.47. The molecule has 2 nitrogen and oxygen atoms in total. The van der Waals surface area contributed by atoms with Crippen molar-refractivity contribution in [1.29, 1.82) is 0 Å². The maximum Gasteiger partial charge on any atom is 0.0374 e. The maximum atomic E-state index is 3.49. The van der Waals surface area contributed by atoms with Crippen LogP contribution in [0.4, 0.5) is 11.4 Å². The molecule has 18 heavy (non-hydrogen) atoms. The monoisotopic (exact) mass is 244 g/mol. The molecule has 2 heteroatoms. The van der Waals surface area contributed by atoms with Crippen molar-refractivity contribution in [2.24, 2.45) is 0 Å². The summed E-state index contributed by atoms with van der Waals surface area (Å²) in [5, 5.41) is 3.49. The Morgan fingerprint density at radius 1 is 1.11 bits per heavy atom. The molecule has 1 N–H and O–H groups in total. The van der Waals surface area contributed by atoms with Gasteiger partial charge in [0.2, 0.25) is 0 Å². The van der Waals surface area contributed by atoms with Crippen molar-refractivity contribution in [2.75, 3.05) is 23.8 Å². The first kappa shape index (κ1) is 11.9. The van der Waals surface area contributed by atoms with Gasteiger partial charge in [-0.1, -0.05) is 19.3 Å². The Bertz CT molecular complexity index is 408. The van der Waals surface area contributed by atoms with E-state index < -0.39 is 0 Å². The predicted molar refractivity (Wildman–Crippen MR) is 78.5 cm³/mol. The number of anilines is 2. The summed E-state index contributed by atoms with van der Waals surface area (Å²) in [6.45, 7) is 1.13. The first-order valence-electron chi connectivity index (χ1n) is 7.44. The molecule has 0 saturated heterocycles. The number of benzene rings is 1. The summed E-state index contributed by atoms with van der Waals surface area (Å²) in [6, 6.07) is 7.71. The second-order valence-corrected chi connectivity index (χ2v) is 5.77. The predicted octanol–water partition coefficient (Wildman–Crippen LogP) is 3.81. The van der Waals surface area contributed by atoms with E-state index in [1.54, 1.807) is 0 Å². The van der Waals surface area contributed by atoms with Gasteiger partial charge in [-0.25, -0.2) is 0 Å². The number of hydrogen-bond acceptors (Lipinski definition) is 2. The van der Waals surface area contributed by atoms with Crippen LogP contribution in [0.3, 0.4) is 0 Å². The van der Waals surface area contributed by atoms with Gasteiger partial charge in [0.15, 0.2) is 0 Å². The normalized spacial score (nSPS) is 20.1. The lowest BCUT2D eigenvalue weighted by Crippen LogP contribution is -2.33. The van der Waals surface area contributed by atoms with E-state index in [1.807, 2.05) is 0 Å². The minimum atomic E-state index is 0.758. The van der Waals surface area contributed by atoms with Crippen molar-refractivity contribution < 1.29 is 0 Å². The summed E-state index contributed by atoms with van der Waals surface area (Å²) >= 11 is 0. The molecule has 1 heterocycles. The smallest absolute Gasteiger partial charge is 0.0374 e. The molecule has 1 aromatic rings. The van der Waals surface area contributed by atoms with Crippen molar-refractivity contribution in [3.05, 3.63) is 23.8 Å². The quantitative estimate of drug-likeness (QED) is 0.851. The molecule has 0 unspecified atom stereocenters. The van der Waals surface area contributed by atoms with Crippen LogP contribution in [0.1, 0.15) is 44.1 Å². The van der Waals surface area contributed by atoms with E-state index in [0.717, 1.165) is 12.6 Å². The van der Waals surface area contributed by atoms with Crippen molar-refractivity contribution in [3.63, 3.8) is 0 Å². The van der Waals surface area contributed by atoms with Crippen LogP contribution in [-0.2, 0) is 6.42 Å². The van der Waals surface area contributed by atoms with Gasteiger partial charge in [0.05, 0.1) is 0 Å². The number of aryl methyl sites for hydroxylation is 1. The molecule has 1 aliphatic carbocycles. The number of nitrogens with one attached hydrogen (secondary N) is 1. The Balaban J connectivity index is 1.78. The van der Waals surface area contributed by atoms with Crippen LogP contribution in [-0.4, -0.2) is 19.6 Å². The molecule has 98 valence electrons. The summed E-state index contributed by atoms with van der Waals surface area (Å²) in [5.74, 6) is 0. The molecule has 0 atom stereocenters. The van der Waals surface area contributed by atoms with Gasteiger partial charge >= 0.3 is 0 Å². The SMILES string of the molecule is CN(c1ccc2c(c1)CCCN2)C1CCCCC1. The van der Waals surface area contributed by atoms with Gasteiger partial charge in [-0.3, -0.25) is 0 Å². The van der Waals surface area contributed by atoms with E-state index in [0.29, 0.717) is 0 Å². The molecule has 2 aliphatic rings. The zero-order valence-electron chi connectivity index (χ0n) is 11.4. The lowest BCUT2D eigenvalue weighted by atomic mass is 9.93. The Labute approximate surface area is 110 Å². The van der Waals surface area contributed by atoms with E-state index in [9.17, 15) is 0 Å². The highest BCUT2D eigenvalue weighted by Crippen LogP contribution is 2.30. The summed E-state index contributed by atoms with van der Waals surface area (Å²) in [5.41, 5.74) is 4.26. The third-order valence-electron chi connectivity index (χ3n) is 4.56. The van der Waals surface area contributed by atoms with Crippen molar-refractivity contribution in [3.8, 4) is 0 Å². The standard InChI is InChI=1S/C16H24N2/c1-18(14-7-3-2-4-8-14)15-9-10-16-13(12-15)6-5-11-17-16/h9-10,12,14,17H,2-8,11H2,1H3. The van der Waals surface area contributed by atoms with Crippen LogP contribution in [0.25, 0.3) is 0 Å². The zero-order valence-corrected chi connectivity index (χ0v) is 11.4. The van der Waals surface area contributed by atoms with E-state index >= 15 is 0 Å². The fraction of sp³-hybridized carbons (Fsp3) is 0.625. The van der Waals surface area contributed by atoms with Crippen LogP contribution >= 0.6 is 0 Å². The van der Waals surface area contributed by atoms with Crippen LogP contribution in [0.5, 0.6) is 0 Å². The fourth-order valence-electron chi connectivity index (χ4n) is 3.36. The summed E-state index contributed by atoms with van der Waals surface area (Å²) in [7, 11) is 2.27. The number of hydrogen-bond donors (Lipinski definition) is 1. The second kappa shape index (κ2) is 5.21. The highest BCUT2D eigenvalue weighted by atomic mass is 15.1. The maximum absolute atomic E-state index is 3.49. The van der Waals surface area contributed by atoms with Crippen LogP contribution < -0.4 is 10.2 Å². The Morgan fingerprint density at radius 3 is 2.78 bits per heavy atom. The third kappa shape index (κ3) is 2.33. The van der Waals surface area contributed by atoms with Crippen molar-refractivity contribution in [1.82, 2.24) is 0 Å². The minimum absolute atomic E-state index is 0.758. The van der Waals surface area contributed by atoms with Gasteiger partial charge in [0.1, 0.15) is 0 Å². The topological polar surface area (TPSA) is 15.3 Å². The highest BCUT2D eigenvalue weighted by Gasteiger charge is 2.19. The summed E-state index contributed by atoms with van der Waals surface area (Å²) < 4.78 is 0. The molecular weight excluding hydrogens is 220 g/mol. The van der Waals surface area contributed by atoms with Gasteiger partial charge in [-0.15, -0.1) is 0 Å². The summed E-state index contributed by atoms with van der Waals surface area (Å²) in [4.78, 5) is 2.51. The van der Waals surface area contributed by atoms with E-state index in [4.69, 9.17) is 0 Å². The Kier molecular flexibility index (Phi) is 3.44. The van der Waals surface area contributed by atoms with Crippen molar-refractivity contribution >= 4 is 11.4 Å². The fourth-order valence-corrected chi connectivity index (χ4v) is 3.36. The number of rotatable bonds is 2. The molecule has 1 saturated carbocycles.